The van der Waals surface area contributed by atoms with E-state index >= 15 is 0 Å². The highest BCUT2D eigenvalue weighted by Crippen LogP contribution is 2.32. The average Bonchev–Trinajstić information content (AvgIpc) is 2.86. The highest BCUT2D eigenvalue weighted by atomic mass is 35.5. The smallest absolute Gasteiger partial charge is 0.246 e. The minimum absolute atomic E-state index is 0.0874. The molecule has 7 heteroatoms. The van der Waals surface area contributed by atoms with Crippen LogP contribution >= 0.6 is 11.6 Å². The molecule has 0 aliphatic carbocycles. The van der Waals surface area contributed by atoms with Gasteiger partial charge in [0.1, 0.15) is 17.5 Å². The number of hydrogen-bond donors (Lipinski definition) is 1. The summed E-state index contributed by atoms with van der Waals surface area (Å²) in [6.45, 7) is 5.72. The minimum atomic E-state index is -0.411. The second-order valence-electron chi connectivity index (χ2n) is 8.08. The van der Waals surface area contributed by atoms with Crippen LogP contribution in [0.5, 0.6) is 11.5 Å². The minimum Gasteiger partial charge on any atom is -0.495 e. The van der Waals surface area contributed by atoms with Gasteiger partial charge in [-0.2, -0.15) is 0 Å². The van der Waals surface area contributed by atoms with Crippen LogP contribution < -0.4 is 19.7 Å². The van der Waals surface area contributed by atoms with Crippen molar-refractivity contribution in [3.05, 3.63) is 83.4 Å². The lowest BCUT2D eigenvalue weighted by atomic mass is 10.0. The monoisotopic (exact) mass is 479 g/mol. The molecule has 1 saturated heterocycles. The molecule has 1 heterocycles. The number of halogens is 1. The number of nitrogens with one attached hydrogen (secondary N) is 1. The van der Waals surface area contributed by atoms with Gasteiger partial charge in [0, 0.05) is 31.9 Å². The molecule has 1 fully saturated rings. The lowest BCUT2D eigenvalue weighted by Gasteiger charge is -2.40. The molecule has 3 aromatic carbocycles. The summed E-state index contributed by atoms with van der Waals surface area (Å²) in [5.41, 5.74) is 2.70. The molecular formula is C27H30ClN3O3. The maximum Gasteiger partial charge on any atom is 0.246 e. The molecule has 3 aromatic rings. The first kappa shape index (κ1) is 23.9. The Hall–Kier alpha value is -3.22. The molecule has 0 bridgehead atoms. The van der Waals surface area contributed by atoms with Gasteiger partial charge in [-0.3, -0.25) is 9.69 Å². The maximum atomic E-state index is 13.5. The van der Waals surface area contributed by atoms with Crippen molar-refractivity contribution in [3.63, 3.8) is 0 Å². The summed E-state index contributed by atoms with van der Waals surface area (Å²) in [6, 6.07) is 22.9. The predicted octanol–water partition coefficient (Wildman–Crippen LogP) is 5.25. The number of carbonyl (C=O) groups excluding carboxylic acids is 1. The van der Waals surface area contributed by atoms with Crippen LogP contribution in [0.25, 0.3) is 0 Å². The van der Waals surface area contributed by atoms with E-state index in [1.807, 2.05) is 55.5 Å². The third kappa shape index (κ3) is 5.46. The van der Waals surface area contributed by atoms with Crippen LogP contribution in [0.15, 0.2) is 72.8 Å². The van der Waals surface area contributed by atoms with Gasteiger partial charge in [0.2, 0.25) is 5.91 Å². The molecule has 0 aromatic heterocycles. The van der Waals surface area contributed by atoms with Crippen LogP contribution in [0.3, 0.4) is 0 Å². The van der Waals surface area contributed by atoms with Gasteiger partial charge in [-0.1, -0.05) is 54.1 Å². The molecule has 0 unspecified atom stereocenters. The second kappa shape index (κ2) is 11.3. The molecule has 0 spiro atoms. The summed E-state index contributed by atoms with van der Waals surface area (Å²) in [7, 11) is 1.57. The van der Waals surface area contributed by atoms with E-state index in [1.165, 1.54) is 0 Å². The van der Waals surface area contributed by atoms with Crippen molar-refractivity contribution in [3.8, 4) is 11.5 Å². The molecule has 1 aliphatic rings. The summed E-state index contributed by atoms with van der Waals surface area (Å²) in [5.74, 6) is 1.38. The average molecular weight is 480 g/mol. The largest absolute Gasteiger partial charge is 0.495 e. The Kier molecular flexibility index (Phi) is 7.93. The van der Waals surface area contributed by atoms with Crippen LogP contribution in [0.4, 0.5) is 11.4 Å². The SMILES string of the molecule is CCOc1ccccc1N1CCN([C@@H](C(=O)Nc2ccc(OC)c(Cl)c2)c2ccccc2)CC1. The van der Waals surface area contributed by atoms with E-state index < -0.39 is 6.04 Å². The first-order valence-electron chi connectivity index (χ1n) is 11.5. The summed E-state index contributed by atoms with van der Waals surface area (Å²) < 4.78 is 11.0. The maximum absolute atomic E-state index is 13.5. The first-order valence-corrected chi connectivity index (χ1v) is 11.9. The van der Waals surface area contributed by atoms with Crippen molar-refractivity contribution in [1.82, 2.24) is 4.90 Å². The second-order valence-corrected chi connectivity index (χ2v) is 8.48. The van der Waals surface area contributed by atoms with Gasteiger partial charge < -0.3 is 19.7 Å². The van der Waals surface area contributed by atoms with Gasteiger partial charge in [-0.25, -0.2) is 0 Å². The lowest BCUT2D eigenvalue weighted by molar-refractivity contribution is -0.121. The van der Waals surface area contributed by atoms with Crippen molar-refractivity contribution in [1.29, 1.82) is 0 Å². The Labute approximate surface area is 206 Å². The fourth-order valence-electron chi connectivity index (χ4n) is 4.34. The van der Waals surface area contributed by atoms with Gasteiger partial charge >= 0.3 is 0 Å². The van der Waals surface area contributed by atoms with E-state index in [-0.39, 0.29) is 5.91 Å². The lowest BCUT2D eigenvalue weighted by Crippen LogP contribution is -2.50. The number of amides is 1. The van der Waals surface area contributed by atoms with E-state index in [0.717, 1.165) is 43.2 Å². The number of para-hydroxylation sites is 2. The van der Waals surface area contributed by atoms with Gasteiger partial charge in [-0.05, 0) is 42.8 Å². The number of rotatable bonds is 8. The van der Waals surface area contributed by atoms with Crippen LogP contribution in [-0.4, -0.2) is 50.7 Å². The van der Waals surface area contributed by atoms with Gasteiger partial charge in [0.25, 0.3) is 0 Å². The quantitative estimate of drug-likeness (QED) is 0.478. The van der Waals surface area contributed by atoms with Gasteiger partial charge in [0.15, 0.2) is 0 Å². The number of ether oxygens (including phenoxy) is 2. The summed E-state index contributed by atoms with van der Waals surface area (Å²) >= 11 is 6.27. The number of methoxy groups -OCH3 is 1. The number of carbonyl (C=O) groups is 1. The van der Waals surface area contributed by atoms with Crippen LogP contribution in [-0.2, 0) is 4.79 Å². The van der Waals surface area contributed by atoms with E-state index in [1.54, 1.807) is 25.3 Å². The number of piperazine rings is 1. The highest BCUT2D eigenvalue weighted by molar-refractivity contribution is 6.32. The molecular weight excluding hydrogens is 450 g/mol. The molecule has 1 amide bonds. The van der Waals surface area contributed by atoms with Crippen LogP contribution in [0, 0.1) is 0 Å². The van der Waals surface area contributed by atoms with Crippen molar-refractivity contribution >= 4 is 28.9 Å². The molecule has 1 N–H and O–H groups in total. The zero-order chi connectivity index (χ0) is 23.9. The Morgan fingerprint density at radius 1 is 0.971 bits per heavy atom. The first-order chi connectivity index (χ1) is 16.6. The fourth-order valence-corrected chi connectivity index (χ4v) is 4.59. The number of benzene rings is 3. The van der Waals surface area contributed by atoms with Crippen LogP contribution in [0.2, 0.25) is 5.02 Å². The molecule has 0 saturated carbocycles. The topological polar surface area (TPSA) is 54.0 Å². The van der Waals surface area contributed by atoms with Crippen molar-refractivity contribution in [2.24, 2.45) is 0 Å². The fraction of sp³-hybridized carbons (Fsp3) is 0.296. The summed E-state index contributed by atoms with van der Waals surface area (Å²) in [6.07, 6.45) is 0. The molecule has 6 nitrogen and oxygen atoms in total. The molecule has 0 radical (unpaired) electrons. The van der Waals surface area contributed by atoms with Crippen molar-refractivity contribution < 1.29 is 14.3 Å². The molecule has 34 heavy (non-hydrogen) atoms. The number of anilines is 2. The summed E-state index contributed by atoms with van der Waals surface area (Å²) in [5, 5.41) is 3.50. The van der Waals surface area contributed by atoms with E-state index in [9.17, 15) is 4.79 Å². The van der Waals surface area contributed by atoms with Gasteiger partial charge in [-0.15, -0.1) is 0 Å². The highest BCUT2D eigenvalue weighted by Gasteiger charge is 2.31. The molecule has 4 rings (SSSR count). The zero-order valence-electron chi connectivity index (χ0n) is 19.5. The molecule has 1 atom stereocenters. The Balaban J connectivity index is 1.51. The third-order valence-corrected chi connectivity index (χ3v) is 6.26. The Morgan fingerprint density at radius 2 is 1.68 bits per heavy atom. The van der Waals surface area contributed by atoms with Crippen molar-refractivity contribution in [2.45, 2.75) is 13.0 Å². The molecule has 178 valence electrons. The Morgan fingerprint density at radius 3 is 2.35 bits per heavy atom. The van der Waals surface area contributed by atoms with Crippen LogP contribution in [0.1, 0.15) is 18.5 Å². The Bertz CT molecular complexity index is 1100. The van der Waals surface area contributed by atoms with Gasteiger partial charge in [0.05, 0.1) is 24.4 Å². The normalized spacial score (nSPS) is 15.0. The van der Waals surface area contributed by atoms with E-state index in [2.05, 4.69) is 21.2 Å². The molecule has 1 aliphatic heterocycles. The predicted molar refractivity (Wildman–Crippen MR) is 137 cm³/mol. The third-order valence-electron chi connectivity index (χ3n) is 5.97. The summed E-state index contributed by atoms with van der Waals surface area (Å²) in [4.78, 5) is 18.1. The number of hydrogen-bond acceptors (Lipinski definition) is 5. The van der Waals surface area contributed by atoms with Crippen molar-refractivity contribution in [2.75, 3.05) is 50.1 Å². The van der Waals surface area contributed by atoms with E-state index in [4.69, 9.17) is 21.1 Å². The number of nitrogens with zero attached hydrogens (tertiary/aromatic N) is 2. The zero-order valence-corrected chi connectivity index (χ0v) is 20.3. The standard InChI is InChI=1S/C27H30ClN3O3/c1-3-34-25-12-8-7-11-23(25)30-15-17-31(18-16-30)26(20-9-5-4-6-10-20)27(32)29-21-13-14-24(33-2)22(28)19-21/h4-14,19,26H,3,15-18H2,1-2H3,(H,29,32)/t26-/m1/s1. The van der Waals surface area contributed by atoms with E-state index in [0.29, 0.717) is 23.1 Å².